The number of hydrogen-bond acceptors (Lipinski definition) is 5. The van der Waals surface area contributed by atoms with Crippen LogP contribution in [0.1, 0.15) is 431 Å². The van der Waals surface area contributed by atoms with Crippen molar-refractivity contribution < 1.29 is 24.5 Å². The van der Waals surface area contributed by atoms with E-state index in [-0.39, 0.29) is 18.5 Å². The second kappa shape index (κ2) is 71.1. The standard InChI is InChI=1S/C75H147NO5/c1-3-5-7-9-11-13-15-17-18-19-20-32-35-38-41-44-47-51-55-59-63-67-73(78)72(71-77)76-74(79)68-64-60-56-52-48-45-42-39-36-33-30-28-26-24-22-21-23-25-27-29-31-34-37-40-43-46-50-54-58-62-66-70-81-75(80)69-65-61-57-53-49-16-14-12-10-8-6-4-2/h63,67,72-73,77-78H,3-62,64-66,68-71H2,1-2H3,(H,76,79)/b67-63+. The number of aliphatic hydroxyl groups excluding tert-OH is 2. The van der Waals surface area contributed by atoms with E-state index in [4.69, 9.17) is 4.74 Å². The van der Waals surface area contributed by atoms with Crippen molar-refractivity contribution in [2.45, 2.75) is 443 Å². The van der Waals surface area contributed by atoms with E-state index < -0.39 is 12.1 Å². The number of nitrogens with one attached hydrogen (secondary N) is 1. The zero-order valence-electron chi connectivity index (χ0n) is 55.3. The van der Waals surface area contributed by atoms with Crippen molar-refractivity contribution in [1.29, 1.82) is 0 Å². The zero-order valence-corrected chi connectivity index (χ0v) is 55.3. The summed E-state index contributed by atoms with van der Waals surface area (Å²) in [6.07, 6.45) is 88.9. The van der Waals surface area contributed by atoms with Crippen LogP contribution in [0.25, 0.3) is 0 Å². The van der Waals surface area contributed by atoms with Gasteiger partial charge in [0.25, 0.3) is 0 Å². The quantitative estimate of drug-likeness (QED) is 0.0320. The first-order valence-corrected chi connectivity index (χ1v) is 37.5. The normalized spacial score (nSPS) is 12.5. The summed E-state index contributed by atoms with van der Waals surface area (Å²) in [6.45, 7) is 4.96. The van der Waals surface area contributed by atoms with Gasteiger partial charge < -0.3 is 20.3 Å². The fourth-order valence-electron chi connectivity index (χ4n) is 12.1. The maximum Gasteiger partial charge on any atom is 0.305 e. The van der Waals surface area contributed by atoms with E-state index in [9.17, 15) is 19.8 Å². The molecule has 482 valence electrons. The summed E-state index contributed by atoms with van der Waals surface area (Å²) in [4.78, 5) is 24.6. The molecule has 2 atom stereocenters. The van der Waals surface area contributed by atoms with Crippen LogP contribution in [0.4, 0.5) is 0 Å². The lowest BCUT2D eigenvalue weighted by molar-refractivity contribution is -0.143. The van der Waals surface area contributed by atoms with Gasteiger partial charge >= 0.3 is 5.97 Å². The van der Waals surface area contributed by atoms with Crippen LogP contribution in [0.5, 0.6) is 0 Å². The minimum Gasteiger partial charge on any atom is -0.466 e. The minimum absolute atomic E-state index is 0.0221. The van der Waals surface area contributed by atoms with Gasteiger partial charge in [-0.3, -0.25) is 9.59 Å². The molecule has 2 unspecified atom stereocenters. The number of aliphatic hydroxyl groups is 2. The smallest absolute Gasteiger partial charge is 0.305 e. The highest BCUT2D eigenvalue weighted by Gasteiger charge is 2.18. The van der Waals surface area contributed by atoms with Crippen LogP contribution in [0.3, 0.4) is 0 Å². The third-order valence-corrected chi connectivity index (χ3v) is 17.8. The number of unbranched alkanes of at least 4 members (excludes halogenated alkanes) is 60. The number of amides is 1. The molecular weight excluding hydrogens is 995 g/mol. The molecule has 0 aromatic rings. The summed E-state index contributed by atoms with van der Waals surface area (Å²) in [5.74, 6) is -0.0367. The average molecular weight is 1140 g/mol. The van der Waals surface area contributed by atoms with Gasteiger partial charge in [-0.1, -0.05) is 398 Å². The Hall–Kier alpha value is -1.40. The largest absolute Gasteiger partial charge is 0.466 e. The summed E-state index contributed by atoms with van der Waals surface area (Å²) in [7, 11) is 0. The molecule has 0 aliphatic heterocycles. The molecule has 0 aliphatic rings. The molecule has 0 bridgehead atoms. The molecule has 3 N–H and O–H groups in total. The van der Waals surface area contributed by atoms with E-state index in [2.05, 4.69) is 19.2 Å². The van der Waals surface area contributed by atoms with Crippen molar-refractivity contribution in [2.24, 2.45) is 0 Å². The first kappa shape index (κ1) is 79.6. The van der Waals surface area contributed by atoms with Crippen molar-refractivity contribution in [3.63, 3.8) is 0 Å². The van der Waals surface area contributed by atoms with Gasteiger partial charge in [0.1, 0.15) is 0 Å². The Morgan fingerprint density at radius 1 is 0.333 bits per heavy atom. The molecule has 0 fully saturated rings. The van der Waals surface area contributed by atoms with Crippen molar-refractivity contribution in [3.8, 4) is 0 Å². The Morgan fingerprint density at radius 2 is 0.568 bits per heavy atom. The van der Waals surface area contributed by atoms with Crippen LogP contribution in [0, 0.1) is 0 Å². The van der Waals surface area contributed by atoms with E-state index in [0.29, 0.717) is 19.4 Å². The number of esters is 1. The second-order valence-electron chi connectivity index (χ2n) is 26.0. The van der Waals surface area contributed by atoms with Crippen LogP contribution in [-0.4, -0.2) is 47.4 Å². The van der Waals surface area contributed by atoms with E-state index in [1.807, 2.05) is 6.08 Å². The number of carbonyl (C=O) groups excluding carboxylic acids is 2. The van der Waals surface area contributed by atoms with Gasteiger partial charge in [-0.15, -0.1) is 0 Å². The Morgan fingerprint density at radius 3 is 0.840 bits per heavy atom. The minimum atomic E-state index is -0.842. The van der Waals surface area contributed by atoms with E-state index >= 15 is 0 Å². The van der Waals surface area contributed by atoms with Crippen LogP contribution < -0.4 is 5.32 Å². The summed E-state index contributed by atoms with van der Waals surface area (Å²) in [5, 5.41) is 23.3. The first-order valence-electron chi connectivity index (χ1n) is 37.5. The molecule has 0 heterocycles. The number of ether oxygens (including phenoxy) is 1. The van der Waals surface area contributed by atoms with Gasteiger partial charge in [0.2, 0.25) is 5.91 Å². The van der Waals surface area contributed by atoms with E-state index in [1.54, 1.807) is 6.08 Å². The lowest BCUT2D eigenvalue weighted by atomic mass is 10.0. The van der Waals surface area contributed by atoms with Crippen molar-refractivity contribution in [2.75, 3.05) is 13.2 Å². The van der Waals surface area contributed by atoms with Gasteiger partial charge in [0.05, 0.1) is 25.4 Å². The molecule has 0 saturated heterocycles. The van der Waals surface area contributed by atoms with Crippen LogP contribution in [0.15, 0.2) is 12.2 Å². The fraction of sp³-hybridized carbons (Fsp3) is 0.947. The Bertz CT molecular complexity index is 1220. The van der Waals surface area contributed by atoms with Crippen LogP contribution in [0.2, 0.25) is 0 Å². The monoisotopic (exact) mass is 1140 g/mol. The molecular formula is C75H147NO5. The highest BCUT2D eigenvalue weighted by Crippen LogP contribution is 2.20. The van der Waals surface area contributed by atoms with E-state index in [1.165, 1.54) is 366 Å². The predicted molar refractivity (Wildman–Crippen MR) is 357 cm³/mol. The molecule has 0 radical (unpaired) electrons. The molecule has 6 nitrogen and oxygen atoms in total. The van der Waals surface area contributed by atoms with Crippen LogP contribution >= 0.6 is 0 Å². The fourth-order valence-corrected chi connectivity index (χ4v) is 12.1. The average Bonchev–Trinajstić information content (AvgIpc) is 3.47. The molecule has 0 aromatic carbocycles. The van der Waals surface area contributed by atoms with Gasteiger partial charge in [-0.25, -0.2) is 0 Å². The molecule has 0 rings (SSSR count). The molecule has 0 spiro atoms. The number of allylic oxidation sites excluding steroid dienone is 1. The molecule has 0 aliphatic carbocycles. The summed E-state index contributed by atoms with van der Waals surface area (Å²) in [5.41, 5.74) is 0. The lowest BCUT2D eigenvalue weighted by Crippen LogP contribution is -2.45. The highest BCUT2D eigenvalue weighted by atomic mass is 16.5. The Balaban J connectivity index is 3.35. The van der Waals surface area contributed by atoms with Crippen molar-refractivity contribution in [3.05, 3.63) is 12.2 Å². The van der Waals surface area contributed by atoms with Gasteiger partial charge in [-0.05, 0) is 32.1 Å². The second-order valence-corrected chi connectivity index (χ2v) is 26.0. The number of rotatable bonds is 71. The topological polar surface area (TPSA) is 95.9 Å². The zero-order chi connectivity index (χ0) is 58.5. The number of hydrogen-bond donors (Lipinski definition) is 3. The lowest BCUT2D eigenvalue weighted by Gasteiger charge is -2.20. The Kier molecular flexibility index (Phi) is 69.9. The summed E-state index contributed by atoms with van der Waals surface area (Å²) < 4.78 is 5.49. The maximum atomic E-state index is 12.5. The molecule has 81 heavy (non-hydrogen) atoms. The number of carbonyl (C=O) groups is 2. The van der Waals surface area contributed by atoms with Gasteiger partial charge in [0.15, 0.2) is 0 Å². The third kappa shape index (κ3) is 67.6. The molecule has 6 heteroatoms. The summed E-state index contributed by atoms with van der Waals surface area (Å²) in [6, 6.07) is -0.625. The predicted octanol–water partition coefficient (Wildman–Crippen LogP) is 24.3. The van der Waals surface area contributed by atoms with Crippen molar-refractivity contribution >= 4 is 11.9 Å². The Labute approximate surface area is 508 Å². The van der Waals surface area contributed by atoms with Gasteiger partial charge in [-0.2, -0.15) is 0 Å². The maximum absolute atomic E-state index is 12.5. The van der Waals surface area contributed by atoms with E-state index in [0.717, 1.165) is 38.5 Å². The third-order valence-electron chi connectivity index (χ3n) is 17.8. The SMILES string of the molecule is CCCCCCCCCCCCCCCCCCCCC/C=C/C(O)C(CO)NC(=O)CCCCCCCCCCCCCCCCCCCCCCCCCCCCCCCCCOC(=O)CCCCCCCCCCCCCC. The molecule has 0 aromatic heterocycles. The van der Waals surface area contributed by atoms with Crippen LogP contribution in [-0.2, 0) is 14.3 Å². The summed E-state index contributed by atoms with van der Waals surface area (Å²) >= 11 is 0. The molecule has 1 amide bonds. The first-order chi connectivity index (χ1) is 40.0. The molecule has 0 saturated carbocycles. The van der Waals surface area contributed by atoms with Gasteiger partial charge in [0, 0.05) is 12.8 Å². The highest BCUT2D eigenvalue weighted by molar-refractivity contribution is 5.76. The van der Waals surface area contributed by atoms with Crippen molar-refractivity contribution in [1.82, 2.24) is 5.32 Å².